The lowest BCUT2D eigenvalue weighted by Gasteiger charge is -2.15. The molecule has 2 aromatic carbocycles. The zero-order valence-corrected chi connectivity index (χ0v) is 17.8. The summed E-state index contributed by atoms with van der Waals surface area (Å²) in [7, 11) is 0. The minimum absolute atomic E-state index is 0. The van der Waals surface area contributed by atoms with Crippen molar-refractivity contribution in [2.24, 2.45) is 0 Å². The summed E-state index contributed by atoms with van der Waals surface area (Å²) in [5.74, 6) is -0.202. The lowest BCUT2D eigenvalue weighted by Crippen LogP contribution is -2.42. The van der Waals surface area contributed by atoms with Crippen molar-refractivity contribution in [1.29, 1.82) is 0 Å². The minimum Gasteiger partial charge on any atom is -0.325 e. The van der Waals surface area contributed by atoms with Crippen LogP contribution in [-0.2, 0) is 13.1 Å². The molecule has 156 valence electrons. The van der Waals surface area contributed by atoms with E-state index in [2.05, 4.69) is 10.3 Å². The van der Waals surface area contributed by atoms with Gasteiger partial charge in [-0.2, -0.15) is 4.98 Å². The Bertz CT molecular complexity index is 1070. The van der Waals surface area contributed by atoms with Crippen molar-refractivity contribution in [2.75, 3.05) is 11.6 Å². The molecular formula is C21H27FN4O2S. The van der Waals surface area contributed by atoms with Crippen molar-refractivity contribution >= 4 is 23.4 Å². The first-order valence-corrected chi connectivity index (χ1v) is 10.6. The van der Waals surface area contributed by atoms with Crippen LogP contribution in [0.25, 0.3) is 0 Å². The number of benzene rings is 2. The molecule has 0 amide bonds. The number of thioether (sulfide) groups is 1. The van der Waals surface area contributed by atoms with E-state index < -0.39 is 11.4 Å². The largest absolute Gasteiger partial charge is 0.354 e. The highest BCUT2D eigenvalue weighted by molar-refractivity contribution is 7.98. The van der Waals surface area contributed by atoms with Crippen LogP contribution in [0.15, 0.2) is 63.0 Å². The smallest absolute Gasteiger partial charge is 0.325 e. The van der Waals surface area contributed by atoms with E-state index in [0.29, 0.717) is 0 Å². The standard InChI is InChI=1S/C19H19FN4O2S.C2H6.H2/c1-3-23-18(25)22-17(21-15-5-4-6-16(11-15)27-2)24(19(23)26)12-13-7-9-14(20)10-8-13;1-2;/h4-11H,3,12H2,1-2H3,(H,21,22,25);1-2H3;1H. The summed E-state index contributed by atoms with van der Waals surface area (Å²) >= 11 is 1.58. The third kappa shape index (κ3) is 5.57. The molecule has 8 heteroatoms. The number of rotatable bonds is 6. The first-order chi connectivity index (χ1) is 14.0. The molecule has 0 bridgehead atoms. The topological polar surface area (TPSA) is 68.9 Å². The van der Waals surface area contributed by atoms with Crippen LogP contribution >= 0.6 is 11.8 Å². The molecule has 0 unspecified atom stereocenters. The Morgan fingerprint density at radius 3 is 2.41 bits per heavy atom. The Hall–Kier alpha value is -2.87. The summed E-state index contributed by atoms with van der Waals surface area (Å²) in [6.07, 6.45) is 1.96. The van der Waals surface area contributed by atoms with Crippen LogP contribution in [0, 0.1) is 5.82 Å². The molecule has 1 N–H and O–H groups in total. The van der Waals surface area contributed by atoms with Gasteiger partial charge in [0.15, 0.2) is 0 Å². The number of nitrogens with zero attached hydrogens (tertiary/aromatic N) is 3. The first-order valence-electron chi connectivity index (χ1n) is 9.39. The van der Waals surface area contributed by atoms with Gasteiger partial charge in [-0.05, 0) is 49.1 Å². The maximum absolute atomic E-state index is 13.2. The summed E-state index contributed by atoms with van der Waals surface area (Å²) in [6, 6.07) is 13.4. The molecule has 3 rings (SSSR count). The van der Waals surface area contributed by atoms with Gasteiger partial charge in [0.05, 0.1) is 6.54 Å². The monoisotopic (exact) mass is 418 g/mol. The number of hydrogen-bond acceptors (Lipinski definition) is 5. The van der Waals surface area contributed by atoms with Gasteiger partial charge in [-0.3, -0.25) is 4.57 Å². The summed E-state index contributed by atoms with van der Waals surface area (Å²) in [4.78, 5) is 30.1. The Morgan fingerprint density at radius 1 is 1.10 bits per heavy atom. The molecule has 1 aromatic heterocycles. The van der Waals surface area contributed by atoms with Crippen molar-refractivity contribution < 1.29 is 5.82 Å². The van der Waals surface area contributed by atoms with Crippen molar-refractivity contribution in [2.45, 2.75) is 38.8 Å². The number of aromatic nitrogens is 3. The zero-order chi connectivity index (χ0) is 21.4. The van der Waals surface area contributed by atoms with Crippen molar-refractivity contribution in [1.82, 2.24) is 14.1 Å². The molecule has 0 fully saturated rings. The number of hydrogen-bond donors (Lipinski definition) is 1. The van der Waals surface area contributed by atoms with E-state index in [1.807, 2.05) is 44.4 Å². The van der Waals surface area contributed by atoms with Crippen LogP contribution in [-0.4, -0.2) is 20.4 Å². The fourth-order valence-electron chi connectivity index (χ4n) is 2.64. The van der Waals surface area contributed by atoms with Gasteiger partial charge in [0.25, 0.3) is 0 Å². The van der Waals surface area contributed by atoms with Gasteiger partial charge in [-0.25, -0.2) is 18.5 Å². The van der Waals surface area contributed by atoms with E-state index in [1.165, 1.54) is 16.7 Å². The first kappa shape index (κ1) is 22.4. The molecular weight excluding hydrogens is 391 g/mol. The van der Waals surface area contributed by atoms with E-state index in [1.54, 1.807) is 30.8 Å². The van der Waals surface area contributed by atoms with Crippen molar-refractivity contribution in [3.05, 3.63) is 80.9 Å². The van der Waals surface area contributed by atoms with E-state index in [9.17, 15) is 14.0 Å². The summed E-state index contributed by atoms with van der Waals surface area (Å²) < 4.78 is 15.6. The predicted octanol–water partition coefficient (Wildman–Crippen LogP) is 4.35. The van der Waals surface area contributed by atoms with E-state index in [-0.39, 0.29) is 26.3 Å². The molecule has 0 aliphatic carbocycles. The van der Waals surface area contributed by atoms with Gasteiger partial charge in [-0.1, -0.05) is 32.0 Å². The summed E-state index contributed by atoms with van der Waals surface area (Å²) in [6.45, 7) is 6.09. The second-order valence-electron chi connectivity index (χ2n) is 5.81. The van der Waals surface area contributed by atoms with Gasteiger partial charge in [0, 0.05) is 18.6 Å². The Morgan fingerprint density at radius 2 is 1.79 bits per heavy atom. The van der Waals surface area contributed by atoms with E-state index in [0.717, 1.165) is 20.7 Å². The number of nitrogens with one attached hydrogen (secondary N) is 1. The maximum atomic E-state index is 13.2. The third-order valence-electron chi connectivity index (χ3n) is 4.05. The van der Waals surface area contributed by atoms with Crippen LogP contribution in [0.4, 0.5) is 16.0 Å². The molecule has 0 saturated carbocycles. The second-order valence-corrected chi connectivity index (χ2v) is 6.69. The fourth-order valence-corrected chi connectivity index (χ4v) is 3.10. The maximum Gasteiger partial charge on any atom is 0.354 e. The minimum atomic E-state index is -0.610. The van der Waals surface area contributed by atoms with E-state index >= 15 is 0 Å². The molecule has 29 heavy (non-hydrogen) atoms. The molecule has 0 radical (unpaired) electrons. The average molecular weight is 419 g/mol. The third-order valence-corrected chi connectivity index (χ3v) is 4.77. The molecule has 1 heterocycles. The van der Waals surface area contributed by atoms with Crippen molar-refractivity contribution in [3.8, 4) is 0 Å². The average Bonchev–Trinajstić information content (AvgIpc) is 2.74. The SMILES string of the molecule is CC.CCn1c(=O)nc(Nc2cccc(SC)c2)n(Cc2ccc(F)cc2)c1=O.[HH]. The molecule has 0 aliphatic rings. The van der Waals surface area contributed by atoms with Gasteiger partial charge in [0.2, 0.25) is 5.95 Å². The molecule has 0 aliphatic heterocycles. The van der Waals surface area contributed by atoms with Crippen LogP contribution < -0.4 is 16.7 Å². The van der Waals surface area contributed by atoms with Gasteiger partial charge in [0.1, 0.15) is 5.82 Å². The van der Waals surface area contributed by atoms with E-state index in [4.69, 9.17) is 0 Å². The van der Waals surface area contributed by atoms with Crippen molar-refractivity contribution in [3.63, 3.8) is 0 Å². The normalized spacial score (nSPS) is 10.2. The summed E-state index contributed by atoms with van der Waals surface area (Å²) in [5.41, 5.74) is 0.365. The molecule has 6 nitrogen and oxygen atoms in total. The highest BCUT2D eigenvalue weighted by atomic mass is 32.2. The molecule has 0 spiro atoms. The van der Waals surface area contributed by atoms with Crippen LogP contribution in [0.1, 0.15) is 27.8 Å². The molecule has 0 saturated heterocycles. The number of anilines is 2. The Labute approximate surface area is 174 Å². The fraction of sp³-hybridized carbons (Fsp3) is 0.286. The second kappa shape index (κ2) is 10.6. The van der Waals surface area contributed by atoms with Gasteiger partial charge in [-0.15, -0.1) is 11.8 Å². The Balaban J connectivity index is 0.00000146. The highest BCUT2D eigenvalue weighted by Crippen LogP contribution is 2.21. The van der Waals surface area contributed by atoms with Gasteiger partial charge < -0.3 is 5.32 Å². The van der Waals surface area contributed by atoms with Crippen LogP contribution in [0.3, 0.4) is 0 Å². The Kier molecular flexibility index (Phi) is 8.21. The highest BCUT2D eigenvalue weighted by Gasteiger charge is 2.13. The predicted molar refractivity (Wildman–Crippen MR) is 119 cm³/mol. The lowest BCUT2D eigenvalue weighted by molar-refractivity contribution is 0.575. The van der Waals surface area contributed by atoms with Crippen LogP contribution in [0.5, 0.6) is 0 Å². The quantitative estimate of drug-likeness (QED) is 0.603. The zero-order valence-electron chi connectivity index (χ0n) is 17.0. The number of halogens is 1. The lowest BCUT2D eigenvalue weighted by atomic mass is 10.2. The van der Waals surface area contributed by atoms with Gasteiger partial charge >= 0.3 is 11.4 Å². The molecule has 3 aromatic rings. The molecule has 0 atom stereocenters. The van der Waals surface area contributed by atoms with Crippen LogP contribution in [0.2, 0.25) is 0 Å². The summed E-state index contributed by atoms with van der Waals surface area (Å²) in [5, 5.41) is 3.06.